The van der Waals surface area contributed by atoms with Crippen molar-refractivity contribution in [2.45, 2.75) is 13.0 Å². The molecule has 2 aromatic carbocycles. The van der Waals surface area contributed by atoms with Crippen molar-refractivity contribution in [2.75, 3.05) is 25.5 Å². The lowest BCUT2D eigenvalue weighted by Gasteiger charge is -2.22. The zero-order chi connectivity index (χ0) is 13.5. The van der Waals surface area contributed by atoms with Crippen LogP contribution in [0, 0.1) is 0 Å². The van der Waals surface area contributed by atoms with Crippen LogP contribution in [0.5, 0.6) is 0 Å². The molecule has 2 heteroatoms. The van der Waals surface area contributed by atoms with Crippen molar-refractivity contribution in [3.05, 3.63) is 65.7 Å². The largest absolute Gasteiger partial charge is 0.374 e. The highest BCUT2D eigenvalue weighted by molar-refractivity contribution is 5.53. The molecular formula is C17H22N2. The molecule has 0 aliphatic rings. The number of nitrogens with zero attached hydrogens (tertiary/aromatic N) is 1. The maximum atomic E-state index is 3.23. The molecule has 0 aliphatic carbocycles. The third-order valence-electron chi connectivity index (χ3n) is 3.35. The monoisotopic (exact) mass is 254 g/mol. The Morgan fingerprint density at radius 1 is 0.947 bits per heavy atom. The van der Waals surface area contributed by atoms with Crippen molar-refractivity contribution in [1.29, 1.82) is 0 Å². The van der Waals surface area contributed by atoms with Gasteiger partial charge in [-0.3, -0.25) is 0 Å². The van der Waals surface area contributed by atoms with Gasteiger partial charge in [0.1, 0.15) is 0 Å². The lowest BCUT2D eigenvalue weighted by molar-refractivity contribution is 0.802. The molecule has 19 heavy (non-hydrogen) atoms. The quantitative estimate of drug-likeness (QED) is 0.852. The number of hydrogen-bond acceptors (Lipinski definition) is 2. The predicted molar refractivity (Wildman–Crippen MR) is 82.6 cm³/mol. The van der Waals surface area contributed by atoms with E-state index in [0.717, 1.165) is 19.5 Å². The maximum absolute atomic E-state index is 3.23. The molecule has 0 unspecified atom stereocenters. The lowest BCUT2D eigenvalue weighted by Crippen LogP contribution is -2.22. The van der Waals surface area contributed by atoms with Gasteiger partial charge in [0.2, 0.25) is 0 Å². The summed E-state index contributed by atoms with van der Waals surface area (Å²) >= 11 is 0. The van der Waals surface area contributed by atoms with E-state index in [2.05, 4.69) is 71.9 Å². The van der Waals surface area contributed by atoms with Crippen LogP contribution in [0.3, 0.4) is 0 Å². The summed E-state index contributed by atoms with van der Waals surface area (Å²) in [5, 5.41) is 3.23. The van der Waals surface area contributed by atoms with Gasteiger partial charge in [0.05, 0.1) is 0 Å². The van der Waals surface area contributed by atoms with Gasteiger partial charge in [0, 0.05) is 25.8 Å². The molecule has 0 radical (unpaired) electrons. The zero-order valence-electron chi connectivity index (χ0n) is 11.8. The summed E-state index contributed by atoms with van der Waals surface area (Å²) < 4.78 is 0. The molecule has 1 N–H and O–H groups in total. The number of benzene rings is 2. The van der Waals surface area contributed by atoms with Gasteiger partial charge in [0.15, 0.2) is 0 Å². The highest BCUT2D eigenvalue weighted by Crippen LogP contribution is 2.19. The minimum absolute atomic E-state index is 0.909. The predicted octanol–water partition coefficient (Wildman–Crippen LogP) is 3.08. The first-order valence-electron chi connectivity index (χ1n) is 6.79. The number of anilines is 1. The standard InChI is InChI=1S/C17H22N2/c1-18-14-16-10-6-7-11-17(16)19(2)13-12-15-8-4-3-5-9-15/h3-11,18H,12-14H2,1-2H3. The molecule has 100 valence electrons. The van der Waals surface area contributed by atoms with Crippen LogP contribution in [0.2, 0.25) is 0 Å². The van der Waals surface area contributed by atoms with Crippen LogP contribution in [0.1, 0.15) is 11.1 Å². The van der Waals surface area contributed by atoms with E-state index >= 15 is 0 Å². The Morgan fingerprint density at radius 3 is 2.37 bits per heavy atom. The minimum atomic E-state index is 0.909. The summed E-state index contributed by atoms with van der Waals surface area (Å²) in [7, 11) is 4.15. The summed E-state index contributed by atoms with van der Waals surface area (Å²) in [5.74, 6) is 0. The molecule has 2 rings (SSSR count). The third-order valence-corrected chi connectivity index (χ3v) is 3.35. The Hall–Kier alpha value is -1.80. The van der Waals surface area contributed by atoms with Gasteiger partial charge in [0.25, 0.3) is 0 Å². The smallest absolute Gasteiger partial charge is 0.0409 e. The van der Waals surface area contributed by atoms with Crippen LogP contribution >= 0.6 is 0 Å². The van der Waals surface area contributed by atoms with Gasteiger partial charge in [-0.1, -0.05) is 48.5 Å². The summed E-state index contributed by atoms with van der Waals surface area (Å²) in [4.78, 5) is 2.33. The van der Waals surface area contributed by atoms with Crippen molar-refractivity contribution in [2.24, 2.45) is 0 Å². The Bertz CT molecular complexity index is 494. The number of para-hydroxylation sites is 1. The SMILES string of the molecule is CNCc1ccccc1N(C)CCc1ccccc1. The summed E-state index contributed by atoms with van der Waals surface area (Å²) in [6, 6.07) is 19.2. The summed E-state index contributed by atoms with van der Waals surface area (Å²) in [6.07, 6.45) is 1.07. The highest BCUT2D eigenvalue weighted by atomic mass is 15.1. The molecule has 0 atom stereocenters. The molecule has 0 aromatic heterocycles. The topological polar surface area (TPSA) is 15.3 Å². The molecule has 0 amide bonds. The van der Waals surface area contributed by atoms with Crippen LogP contribution in [0.15, 0.2) is 54.6 Å². The van der Waals surface area contributed by atoms with Gasteiger partial charge >= 0.3 is 0 Å². The van der Waals surface area contributed by atoms with Crippen molar-refractivity contribution >= 4 is 5.69 Å². The Kier molecular flexibility index (Phi) is 4.99. The molecule has 0 spiro atoms. The first-order chi connectivity index (χ1) is 9.31. The van der Waals surface area contributed by atoms with E-state index in [9.17, 15) is 0 Å². The fraction of sp³-hybridized carbons (Fsp3) is 0.294. The van der Waals surface area contributed by atoms with E-state index in [1.165, 1.54) is 16.8 Å². The van der Waals surface area contributed by atoms with E-state index < -0.39 is 0 Å². The van der Waals surface area contributed by atoms with E-state index in [1.807, 2.05) is 7.05 Å². The minimum Gasteiger partial charge on any atom is -0.374 e. The molecule has 2 aromatic rings. The molecule has 0 saturated heterocycles. The average molecular weight is 254 g/mol. The summed E-state index contributed by atoms with van der Waals surface area (Å²) in [6.45, 7) is 1.94. The Balaban J connectivity index is 2.01. The van der Waals surface area contributed by atoms with Crippen molar-refractivity contribution in [3.8, 4) is 0 Å². The zero-order valence-corrected chi connectivity index (χ0v) is 11.8. The highest BCUT2D eigenvalue weighted by Gasteiger charge is 2.06. The van der Waals surface area contributed by atoms with Gasteiger partial charge in [-0.2, -0.15) is 0 Å². The second-order valence-electron chi connectivity index (χ2n) is 4.82. The average Bonchev–Trinajstić information content (AvgIpc) is 2.47. The van der Waals surface area contributed by atoms with E-state index in [0.29, 0.717) is 0 Å². The summed E-state index contributed by atoms with van der Waals surface area (Å²) in [5.41, 5.74) is 4.05. The fourth-order valence-electron chi connectivity index (χ4n) is 2.29. The van der Waals surface area contributed by atoms with Crippen LogP contribution in [0.25, 0.3) is 0 Å². The van der Waals surface area contributed by atoms with Gasteiger partial charge in [-0.15, -0.1) is 0 Å². The molecular weight excluding hydrogens is 232 g/mol. The van der Waals surface area contributed by atoms with Crippen LogP contribution in [-0.4, -0.2) is 20.6 Å². The van der Waals surface area contributed by atoms with E-state index in [-0.39, 0.29) is 0 Å². The second kappa shape index (κ2) is 6.95. The lowest BCUT2D eigenvalue weighted by atomic mass is 10.1. The van der Waals surface area contributed by atoms with Crippen molar-refractivity contribution < 1.29 is 0 Å². The van der Waals surface area contributed by atoms with E-state index in [1.54, 1.807) is 0 Å². The molecule has 0 saturated carbocycles. The molecule has 0 aliphatic heterocycles. The maximum Gasteiger partial charge on any atom is 0.0409 e. The van der Waals surface area contributed by atoms with Crippen LogP contribution in [0.4, 0.5) is 5.69 Å². The fourth-order valence-corrected chi connectivity index (χ4v) is 2.29. The molecule has 0 bridgehead atoms. The van der Waals surface area contributed by atoms with Gasteiger partial charge < -0.3 is 10.2 Å². The van der Waals surface area contributed by atoms with Crippen LogP contribution in [-0.2, 0) is 13.0 Å². The van der Waals surface area contributed by atoms with Gasteiger partial charge in [-0.05, 0) is 30.7 Å². The third kappa shape index (κ3) is 3.83. The van der Waals surface area contributed by atoms with Crippen molar-refractivity contribution in [1.82, 2.24) is 5.32 Å². The second-order valence-corrected chi connectivity index (χ2v) is 4.82. The van der Waals surface area contributed by atoms with Crippen molar-refractivity contribution in [3.63, 3.8) is 0 Å². The Morgan fingerprint density at radius 2 is 1.63 bits per heavy atom. The molecule has 2 nitrogen and oxygen atoms in total. The Labute approximate surface area is 116 Å². The molecule has 0 fully saturated rings. The van der Waals surface area contributed by atoms with Gasteiger partial charge in [-0.25, -0.2) is 0 Å². The normalized spacial score (nSPS) is 10.4. The van der Waals surface area contributed by atoms with E-state index in [4.69, 9.17) is 0 Å². The first-order valence-corrected chi connectivity index (χ1v) is 6.79. The number of nitrogens with one attached hydrogen (secondary N) is 1. The first kappa shape index (κ1) is 13.6. The number of rotatable bonds is 6. The number of likely N-dealkylation sites (N-methyl/N-ethyl adjacent to an activating group) is 1. The number of hydrogen-bond donors (Lipinski definition) is 1. The van der Waals surface area contributed by atoms with Crippen LogP contribution < -0.4 is 10.2 Å². The molecule has 0 heterocycles.